The first-order valence-electron chi connectivity index (χ1n) is 6.49. The minimum atomic E-state index is -0.0407. The second kappa shape index (κ2) is 6.64. The van der Waals surface area contributed by atoms with Crippen LogP contribution in [-0.4, -0.2) is 20.7 Å². The largest absolute Gasteiger partial charge is 0.496 e. The van der Waals surface area contributed by atoms with Gasteiger partial charge in [-0.25, -0.2) is 0 Å². The lowest BCUT2D eigenvalue weighted by molar-refractivity contribution is 0.405. The number of halogens is 1. The molecule has 0 aliphatic rings. The maximum absolute atomic E-state index is 6.35. The van der Waals surface area contributed by atoms with Crippen LogP contribution in [0, 0.1) is 0 Å². The van der Waals surface area contributed by atoms with Crippen LogP contribution in [0.3, 0.4) is 0 Å². The number of methoxy groups -OCH3 is 1. The molecule has 0 saturated carbocycles. The van der Waals surface area contributed by atoms with E-state index in [9.17, 15) is 0 Å². The fourth-order valence-electron chi connectivity index (χ4n) is 2.33. The molecule has 2 N–H and O–H groups in total. The fraction of sp³-hybridized carbons (Fsp3) is 0.250. The molecule has 0 heterocycles. The van der Waals surface area contributed by atoms with Crippen molar-refractivity contribution in [1.29, 1.82) is 0 Å². The lowest BCUT2D eigenvalue weighted by Gasteiger charge is -2.31. The van der Waals surface area contributed by atoms with Gasteiger partial charge in [0.05, 0.1) is 13.2 Å². The zero-order valence-corrected chi connectivity index (χ0v) is 12.5. The number of rotatable bonds is 5. The summed E-state index contributed by atoms with van der Waals surface area (Å²) < 4.78 is 5.43. The molecule has 20 heavy (non-hydrogen) atoms. The summed E-state index contributed by atoms with van der Waals surface area (Å²) in [6, 6.07) is 15.7. The molecule has 1 unspecified atom stereocenters. The van der Waals surface area contributed by atoms with Crippen LogP contribution in [0.15, 0.2) is 48.5 Å². The lowest BCUT2D eigenvalue weighted by atomic mass is 10.0. The van der Waals surface area contributed by atoms with Crippen LogP contribution in [-0.2, 0) is 0 Å². The molecule has 0 aliphatic heterocycles. The first-order chi connectivity index (χ1) is 9.69. The second-order valence-electron chi connectivity index (χ2n) is 4.55. The Bertz CT molecular complexity index is 560. The van der Waals surface area contributed by atoms with E-state index in [2.05, 4.69) is 4.90 Å². The van der Waals surface area contributed by atoms with Gasteiger partial charge in [-0.15, -0.1) is 0 Å². The van der Waals surface area contributed by atoms with Crippen LogP contribution >= 0.6 is 11.6 Å². The van der Waals surface area contributed by atoms with Gasteiger partial charge in [0.15, 0.2) is 0 Å². The van der Waals surface area contributed by atoms with Crippen LogP contribution < -0.4 is 15.4 Å². The Hall–Kier alpha value is -1.71. The number of para-hydroxylation sites is 1. The van der Waals surface area contributed by atoms with Gasteiger partial charge in [-0.05, 0) is 24.3 Å². The molecule has 0 spiro atoms. The summed E-state index contributed by atoms with van der Waals surface area (Å²) in [5, 5.41) is 0.669. The average Bonchev–Trinajstić information content (AvgIpc) is 2.50. The van der Waals surface area contributed by atoms with Gasteiger partial charge in [-0.2, -0.15) is 0 Å². The molecule has 0 amide bonds. The number of hydrogen-bond donors (Lipinski definition) is 1. The molecule has 0 radical (unpaired) electrons. The van der Waals surface area contributed by atoms with E-state index < -0.39 is 0 Å². The highest BCUT2D eigenvalue weighted by molar-refractivity contribution is 6.31. The van der Waals surface area contributed by atoms with Gasteiger partial charge >= 0.3 is 0 Å². The summed E-state index contributed by atoms with van der Waals surface area (Å²) in [4.78, 5) is 2.11. The SMILES string of the molecule is COc1cccc(Cl)c1C(CN)N(C)c1ccccc1. The Morgan fingerprint density at radius 1 is 1.15 bits per heavy atom. The van der Waals surface area contributed by atoms with E-state index >= 15 is 0 Å². The van der Waals surface area contributed by atoms with Gasteiger partial charge in [0.25, 0.3) is 0 Å². The smallest absolute Gasteiger partial charge is 0.125 e. The van der Waals surface area contributed by atoms with E-state index in [0.29, 0.717) is 11.6 Å². The average molecular weight is 291 g/mol. The summed E-state index contributed by atoms with van der Waals surface area (Å²) in [6.45, 7) is 0.450. The third-order valence-electron chi connectivity index (χ3n) is 3.42. The highest BCUT2D eigenvalue weighted by Gasteiger charge is 2.22. The molecule has 4 heteroatoms. The van der Waals surface area contributed by atoms with Crippen molar-refractivity contribution in [2.75, 3.05) is 25.6 Å². The van der Waals surface area contributed by atoms with Crippen molar-refractivity contribution in [3.63, 3.8) is 0 Å². The van der Waals surface area contributed by atoms with E-state index in [1.165, 1.54) is 0 Å². The maximum Gasteiger partial charge on any atom is 0.125 e. The van der Waals surface area contributed by atoms with Crippen LogP contribution in [0.2, 0.25) is 5.02 Å². The predicted molar refractivity (Wildman–Crippen MR) is 84.6 cm³/mol. The molecule has 0 bridgehead atoms. The molecule has 2 rings (SSSR count). The topological polar surface area (TPSA) is 38.5 Å². The maximum atomic E-state index is 6.35. The van der Waals surface area contributed by atoms with E-state index in [1.807, 2.05) is 55.6 Å². The highest BCUT2D eigenvalue weighted by atomic mass is 35.5. The van der Waals surface area contributed by atoms with Gasteiger partial charge < -0.3 is 15.4 Å². The van der Waals surface area contributed by atoms with Crippen molar-refractivity contribution >= 4 is 17.3 Å². The predicted octanol–water partition coefficient (Wildman–Crippen LogP) is 3.48. The van der Waals surface area contributed by atoms with Crippen LogP contribution in [0.25, 0.3) is 0 Å². The van der Waals surface area contributed by atoms with Crippen molar-refractivity contribution in [2.24, 2.45) is 5.73 Å². The van der Waals surface area contributed by atoms with Crippen molar-refractivity contribution in [1.82, 2.24) is 0 Å². The van der Waals surface area contributed by atoms with Gasteiger partial charge in [0.2, 0.25) is 0 Å². The number of hydrogen-bond acceptors (Lipinski definition) is 3. The number of anilines is 1. The second-order valence-corrected chi connectivity index (χ2v) is 4.96. The monoisotopic (exact) mass is 290 g/mol. The molecule has 0 aromatic heterocycles. The molecule has 106 valence electrons. The van der Waals surface area contributed by atoms with Gasteiger partial charge in [-0.1, -0.05) is 35.9 Å². The van der Waals surface area contributed by atoms with Crippen molar-refractivity contribution in [3.8, 4) is 5.75 Å². The molecule has 0 saturated heterocycles. The van der Waals surface area contributed by atoms with Crippen LogP contribution in [0.1, 0.15) is 11.6 Å². The fourth-order valence-corrected chi connectivity index (χ4v) is 2.62. The standard InChI is InChI=1S/C16H19ClN2O/c1-19(12-7-4-3-5-8-12)14(11-18)16-13(17)9-6-10-15(16)20-2/h3-10,14H,11,18H2,1-2H3. The summed E-state index contributed by atoms with van der Waals surface area (Å²) in [7, 11) is 3.65. The molecule has 0 fully saturated rings. The van der Waals surface area contributed by atoms with E-state index in [4.69, 9.17) is 22.1 Å². The van der Waals surface area contributed by atoms with Crippen LogP contribution in [0.5, 0.6) is 5.75 Å². The quantitative estimate of drug-likeness (QED) is 0.916. The van der Waals surface area contributed by atoms with Crippen molar-refractivity contribution in [3.05, 3.63) is 59.1 Å². The molecule has 0 aliphatic carbocycles. The Kier molecular flexibility index (Phi) is 4.88. The van der Waals surface area contributed by atoms with Gasteiger partial charge in [0.1, 0.15) is 5.75 Å². The molecule has 2 aromatic carbocycles. The summed E-state index contributed by atoms with van der Waals surface area (Å²) in [6.07, 6.45) is 0. The lowest BCUT2D eigenvalue weighted by Crippen LogP contribution is -2.31. The summed E-state index contributed by atoms with van der Waals surface area (Å²) >= 11 is 6.35. The highest BCUT2D eigenvalue weighted by Crippen LogP contribution is 2.36. The van der Waals surface area contributed by atoms with E-state index in [-0.39, 0.29) is 6.04 Å². The Morgan fingerprint density at radius 2 is 1.85 bits per heavy atom. The van der Waals surface area contributed by atoms with Crippen molar-refractivity contribution < 1.29 is 4.74 Å². The summed E-state index contributed by atoms with van der Waals surface area (Å²) in [5.74, 6) is 0.760. The normalized spacial score (nSPS) is 12.0. The van der Waals surface area contributed by atoms with Crippen LogP contribution in [0.4, 0.5) is 5.69 Å². The molecule has 1 atom stereocenters. The van der Waals surface area contributed by atoms with E-state index in [0.717, 1.165) is 17.0 Å². The first-order valence-corrected chi connectivity index (χ1v) is 6.87. The van der Waals surface area contributed by atoms with Crippen molar-refractivity contribution in [2.45, 2.75) is 6.04 Å². The first kappa shape index (κ1) is 14.7. The van der Waals surface area contributed by atoms with E-state index in [1.54, 1.807) is 7.11 Å². The third-order valence-corrected chi connectivity index (χ3v) is 3.75. The number of likely N-dealkylation sites (N-methyl/N-ethyl adjacent to an activating group) is 1. The van der Waals surface area contributed by atoms with Gasteiger partial charge in [0, 0.05) is 29.9 Å². The number of ether oxygens (including phenoxy) is 1. The number of nitrogens with zero attached hydrogens (tertiary/aromatic N) is 1. The molecular formula is C16H19ClN2O. The molecule has 3 nitrogen and oxygen atoms in total. The third kappa shape index (κ3) is 2.89. The zero-order valence-electron chi connectivity index (χ0n) is 11.7. The molecular weight excluding hydrogens is 272 g/mol. The Labute approximate surface area is 124 Å². The molecule has 2 aromatic rings. The number of nitrogens with two attached hydrogens (primary N) is 1. The summed E-state index contributed by atoms with van der Waals surface area (Å²) in [5.41, 5.74) is 7.99. The Balaban J connectivity index is 2.43. The Morgan fingerprint density at radius 3 is 2.45 bits per heavy atom. The minimum Gasteiger partial charge on any atom is -0.496 e. The zero-order chi connectivity index (χ0) is 14.5. The minimum absolute atomic E-state index is 0.0407. The number of benzene rings is 2. The van der Waals surface area contributed by atoms with Gasteiger partial charge in [-0.3, -0.25) is 0 Å².